The van der Waals surface area contributed by atoms with Crippen molar-refractivity contribution in [2.45, 2.75) is 19.4 Å². The van der Waals surface area contributed by atoms with Crippen molar-refractivity contribution >= 4 is 17.7 Å². The molecule has 0 radical (unpaired) electrons. The van der Waals surface area contributed by atoms with Crippen LogP contribution in [0.3, 0.4) is 0 Å². The van der Waals surface area contributed by atoms with Gasteiger partial charge in [0.2, 0.25) is 0 Å². The van der Waals surface area contributed by atoms with Crippen LogP contribution in [0.15, 0.2) is 18.2 Å². The molecular formula is C12H12FN3O3. The van der Waals surface area contributed by atoms with Gasteiger partial charge in [-0.3, -0.25) is 4.79 Å². The number of urea groups is 1. The molecule has 1 atom stereocenters. The number of aliphatic carboxylic acids is 1. The van der Waals surface area contributed by atoms with E-state index in [1.165, 1.54) is 19.1 Å². The molecule has 0 aliphatic carbocycles. The summed E-state index contributed by atoms with van der Waals surface area (Å²) in [6.07, 6.45) is -0.233. The minimum absolute atomic E-state index is 0.0842. The third-order valence-electron chi connectivity index (χ3n) is 2.20. The Morgan fingerprint density at radius 1 is 1.53 bits per heavy atom. The number of halogens is 1. The Balaban J connectivity index is 2.62. The molecule has 0 aromatic heterocycles. The molecule has 0 saturated carbocycles. The molecule has 0 aliphatic heterocycles. The van der Waals surface area contributed by atoms with Crippen LogP contribution < -0.4 is 10.6 Å². The fourth-order valence-corrected chi connectivity index (χ4v) is 1.38. The van der Waals surface area contributed by atoms with Crippen molar-refractivity contribution in [3.05, 3.63) is 29.6 Å². The molecule has 1 aromatic carbocycles. The van der Waals surface area contributed by atoms with Gasteiger partial charge in [-0.15, -0.1) is 0 Å². The van der Waals surface area contributed by atoms with Crippen LogP contribution in [-0.4, -0.2) is 23.1 Å². The molecule has 1 unspecified atom stereocenters. The lowest BCUT2D eigenvalue weighted by atomic mass is 10.2. The van der Waals surface area contributed by atoms with E-state index in [-0.39, 0.29) is 17.7 Å². The number of hydrogen-bond acceptors (Lipinski definition) is 3. The van der Waals surface area contributed by atoms with Gasteiger partial charge in [-0.05, 0) is 25.1 Å². The summed E-state index contributed by atoms with van der Waals surface area (Å²) >= 11 is 0. The Morgan fingerprint density at radius 2 is 2.21 bits per heavy atom. The second kappa shape index (κ2) is 6.35. The van der Waals surface area contributed by atoms with Crippen LogP contribution >= 0.6 is 0 Å². The quantitative estimate of drug-likeness (QED) is 0.770. The van der Waals surface area contributed by atoms with E-state index >= 15 is 0 Å². The molecule has 6 nitrogen and oxygen atoms in total. The Morgan fingerprint density at radius 3 is 2.74 bits per heavy atom. The summed E-state index contributed by atoms with van der Waals surface area (Å²) in [5, 5.41) is 21.7. The summed E-state index contributed by atoms with van der Waals surface area (Å²) in [6, 6.07) is 4.09. The number of amides is 2. The zero-order valence-corrected chi connectivity index (χ0v) is 10.1. The van der Waals surface area contributed by atoms with Crippen LogP contribution in [0.4, 0.5) is 14.9 Å². The lowest BCUT2D eigenvalue weighted by molar-refractivity contribution is -0.137. The van der Waals surface area contributed by atoms with Crippen molar-refractivity contribution < 1.29 is 19.1 Å². The second-order valence-electron chi connectivity index (χ2n) is 3.90. The maximum atomic E-state index is 13.5. The first kappa shape index (κ1) is 14.4. The maximum absolute atomic E-state index is 13.5. The van der Waals surface area contributed by atoms with Gasteiger partial charge in [-0.2, -0.15) is 5.26 Å². The van der Waals surface area contributed by atoms with Gasteiger partial charge < -0.3 is 15.7 Å². The highest BCUT2D eigenvalue weighted by Crippen LogP contribution is 2.15. The molecule has 0 aliphatic rings. The van der Waals surface area contributed by atoms with Gasteiger partial charge in [0.15, 0.2) is 0 Å². The minimum atomic E-state index is -1.04. The molecule has 0 spiro atoms. The fourth-order valence-electron chi connectivity index (χ4n) is 1.38. The summed E-state index contributed by atoms with van der Waals surface area (Å²) in [5.74, 6) is -1.78. The second-order valence-corrected chi connectivity index (χ2v) is 3.90. The molecule has 1 aromatic rings. The van der Waals surface area contributed by atoms with Crippen molar-refractivity contribution in [1.29, 1.82) is 5.26 Å². The lowest BCUT2D eigenvalue weighted by Crippen LogP contribution is -2.37. The van der Waals surface area contributed by atoms with E-state index in [2.05, 4.69) is 10.6 Å². The number of anilines is 1. The van der Waals surface area contributed by atoms with Crippen LogP contribution in [0.5, 0.6) is 0 Å². The first-order valence-corrected chi connectivity index (χ1v) is 5.41. The molecule has 1 rings (SSSR count). The Kier molecular flexibility index (Phi) is 4.83. The number of nitrogens with zero attached hydrogens (tertiary/aromatic N) is 1. The molecule has 100 valence electrons. The predicted octanol–water partition coefficient (Wildman–Crippen LogP) is 1.68. The number of carbonyl (C=O) groups is 2. The third-order valence-corrected chi connectivity index (χ3v) is 2.20. The zero-order valence-electron chi connectivity index (χ0n) is 10.1. The monoisotopic (exact) mass is 265 g/mol. The van der Waals surface area contributed by atoms with E-state index in [9.17, 15) is 14.0 Å². The topological polar surface area (TPSA) is 102 Å². The molecule has 0 bridgehead atoms. The Labute approximate surface area is 108 Å². The SMILES string of the molecule is CC(CC(=O)O)NC(=O)Nc1ccc(C#N)cc1F. The van der Waals surface area contributed by atoms with Gasteiger partial charge in [-0.1, -0.05) is 0 Å². The van der Waals surface area contributed by atoms with Crippen LogP contribution in [0.2, 0.25) is 0 Å². The van der Waals surface area contributed by atoms with E-state index in [1.807, 2.05) is 0 Å². The number of nitrogens with one attached hydrogen (secondary N) is 2. The van der Waals surface area contributed by atoms with Crippen LogP contribution in [0, 0.1) is 17.1 Å². The van der Waals surface area contributed by atoms with Gasteiger partial charge >= 0.3 is 12.0 Å². The van der Waals surface area contributed by atoms with Gasteiger partial charge in [0.25, 0.3) is 0 Å². The molecule has 3 N–H and O–H groups in total. The third kappa shape index (κ3) is 4.63. The average molecular weight is 265 g/mol. The Hall–Kier alpha value is -2.62. The van der Waals surface area contributed by atoms with Crippen molar-refractivity contribution in [3.63, 3.8) is 0 Å². The predicted molar refractivity (Wildman–Crippen MR) is 65.0 cm³/mol. The van der Waals surface area contributed by atoms with Crippen molar-refractivity contribution in [1.82, 2.24) is 5.32 Å². The number of benzene rings is 1. The van der Waals surface area contributed by atoms with Crippen molar-refractivity contribution in [3.8, 4) is 6.07 Å². The first-order chi connectivity index (χ1) is 8.92. The summed E-state index contributed by atoms with van der Waals surface area (Å²) in [6.45, 7) is 1.52. The smallest absolute Gasteiger partial charge is 0.319 e. The molecule has 0 heterocycles. The van der Waals surface area contributed by atoms with Crippen LogP contribution in [0.1, 0.15) is 18.9 Å². The highest BCUT2D eigenvalue weighted by Gasteiger charge is 2.12. The number of hydrogen-bond donors (Lipinski definition) is 3. The molecule has 7 heteroatoms. The summed E-state index contributed by atoms with van der Waals surface area (Å²) in [5.41, 5.74) is 0.0572. The molecule has 2 amide bonds. The van der Waals surface area contributed by atoms with E-state index in [1.54, 1.807) is 6.07 Å². The highest BCUT2D eigenvalue weighted by molar-refractivity contribution is 5.89. The Bertz CT molecular complexity index is 540. The van der Waals surface area contributed by atoms with Gasteiger partial charge in [0.05, 0.1) is 23.7 Å². The maximum Gasteiger partial charge on any atom is 0.319 e. The van der Waals surface area contributed by atoms with E-state index < -0.39 is 23.9 Å². The summed E-state index contributed by atoms with van der Waals surface area (Å²) < 4.78 is 13.5. The fraction of sp³-hybridized carbons (Fsp3) is 0.250. The molecule has 0 saturated heterocycles. The van der Waals surface area contributed by atoms with E-state index in [0.717, 1.165) is 6.07 Å². The zero-order chi connectivity index (χ0) is 14.4. The van der Waals surface area contributed by atoms with Gasteiger partial charge in [0.1, 0.15) is 5.82 Å². The number of rotatable bonds is 4. The average Bonchev–Trinajstić information content (AvgIpc) is 2.30. The van der Waals surface area contributed by atoms with E-state index in [0.29, 0.717) is 0 Å². The number of carboxylic acids is 1. The molecule has 0 fully saturated rings. The van der Waals surface area contributed by atoms with Gasteiger partial charge in [0, 0.05) is 6.04 Å². The van der Waals surface area contributed by atoms with Crippen molar-refractivity contribution in [2.24, 2.45) is 0 Å². The number of carbonyl (C=O) groups excluding carboxylic acids is 1. The minimum Gasteiger partial charge on any atom is -0.481 e. The number of nitriles is 1. The number of carboxylic acid groups (broad SMARTS) is 1. The van der Waals surface area contributed by atoms with Crippen LogP contribution in [-0.2, 0) is 4.79 Å². The standard InChI is InChI=1S/C12H12FN3O3/c1-7(4-11(17)18)15-12(19)16-10-3-2-8(6-14)5-9(10)13/h2-3,5,7H,4H2,1H3,(H,17,18)(H2,15,16,19). The van der Waals surface area contributed by atoms with Gasteiger partial charge in [-0.25, -0.2) is 9.18 Å². The van der Waals surface area contributed by atoms with E-state index in [4.69, 9.17) is 10.4 Å². The summed E-state index contributed by atoms with van der Waals surface area (Å²) in [7, 11) is 0. The first-order valence-electron chi connectivity index (χ1n) is 5.41. The lowest BCUT2D eigenvalue weighted by Gasteiger charge is -2.13. The van der Waals surface area contributed by atoms with Crippen LogP contribution in [0.25, 0.3) is 0 Å². The molecule has 19 heavy (non-hydrogen) atoms. The molecular weight excluding hydrogens is 253 g/mol. The normalized spacial score (nSPS) is 11.2. The largest absolute Gasteiger partial charge is 0.481 e. The summed E-state index contributed by atoms with van der Waals surface area (Å²) in [4.78, 5) is 21.9. The van der Waals surface area contributed by atoms with Crippen molar-refractivity contribution in [2.75, 3.05) is 5.32 Å². The highest BCUT2D eigenvalue weighted by atomic mass is 19.1.